The van der Waals surface area contributed by atoms with Crippen molar-refractivity contribution in [1.82, 2.24) is 9.88 Å². The van der Waals surface area contributed by atoms with Gasteiger partial charge >= 0.3 is 0 Å². The third-order valence-electron chi connectivity index (χ3n) is 4.71. The van der Waals surface area contributed by atoms with Crippen molar-refractivity contribution in [1.29, 1.82) is 0 Å². The summed E-state index contributed by atoms with van der Waals surface area (Å²) in [6.45, 7) is 1.86. The summed E-state index contributed by atoms with van der Waals surface area (Å²) in [5.41, 5.74) is 6.07. The first kappa shape index (κ1) is 16.6. The predicted octanol–water partition coefficient (Wildman–Crippen LogP) is 4.68. The Hall–Kier alpha value is -2.91. The van der Waals surface area contributed by atoms with Crippen LogP contribution in [0.25, 0.3) is 11.6 Å². The van der Waals surface area contributed by atoms with Gasteiger partial charge in [-0.25, -0.2) is 4.98 Å². The first-order valence-corrected chi connectivity index (χ1v) is 8.98. The van der Waals surface area contributed by atoms with E-state index < -0.39 is 0 Å². The van der Waals surface area contributed by atoms with E-state index in [1.807, 2.05) is 12.3 Å². The zero-order chi connectivity index (χ0) is 17.9. The van der Waals surface area contributed by atoms with Crippen LogP contribution in [0.15, 0.2) is 72.9 Å². The lowest BCUT2D eigenvalue weighted by molar-refractivity contribution is 0.418. The van der Waals surface area contributed by atoms with Crippen molar-refractivity contribution in [2.45, 2.75) is 0 Å². The van der Waals surface area contributed by atoms with E-state index in [9.17, 15) is 0 Å². The number of aromatic nitrogens is 1. The summed E-state index contributed by atoms with van der Waals surface area (Å²) >= 11 is 0. The number of benzene rings is 2. The monoisotopic (exact) mass is 341 g/mol. The van der Waals surface area contributed by atoms with E-state index in [1.165, 1.54) is 22.4 Å². The summed E-state index contributed by atoms with van der Waals surface area (Å²) in [4.78, 5) is 9.28. The fraction of sp³-hybridized carbons (Fsp3) is 0.174. The number of fused-ring (bicyclic) bond motifs is 2. The maximum Gasteiger partial charge on any atom is 0.140 e. The van der Waals surface area contributed by atoms with Crippen molar-refractivity contribution in [3.05, 3.63) is 89.6 Å². The zero-order valence-corrected chi connectivity index (χ0v) is 15.3. The van der Waals surface area contributed by atoms with Crippen molar-refractivity contribution in [3.8, 4) is 0 Å². The van der Waals surface area contributed by atoms with E-state index in [4.69, 9.17) is 4.98 Å². The number of hydrogen-bond donors (Lipinski definition) is 0. The molecule has 0 saturated carbocycles. The molecular weight excluding hydrogens is 318 g/mol. The van der Waals surface area contributed by atoms with E-state index in [0.717, 1.165) is 24.5 Å². The number of likely N-dealkylation sites (N-methyl/N-ethyl adjacent to an activating group) is 1. The summed E-state index contributed by atoms with van der Waals surface area (Å²) in [6.07, 6.45) is 4.15. The highest BCUT2D eigenvalue weighted by Gasteiger charge is 2.23. The lowest BCUT2D eigenvalue weighted by Crippen LogP contribution is -2.29. The quantitative estimate of drug-likeness (QED) is 0.687. The summed E-state index contributed by atoms with van der Waals surface area (Å²) in [5, 5.41) is 0. The molecule has 0 amide bonds. The third-order valence-corrected chi connectivity index (χ3v) is 4.71. The number of para-hydroxylation sites is 1. The van der Waals surface area contributed by atoms with Crippen LogP contribution < -0.4 is 4.90 Å². The van der Waals surface area contributed by atoms with Gasteiger partial charge in [0.25, 0.3) is 0 Å². The molecule has 3 aromatic rings. The number of anilines is 2. The summed E-state index contributed by atoms with van der Waals surface area (Å²) in [5.74, 6) is 1.02. The van der Waals surface area contributed by atoms with Crippen molar-refractivity contribution >= 4 is 23.2 Å². The average molecular weight is 341 g/mol. The number of nitrogens with zero attached hydrogens (tertiary/aromatic N) is 3. The fourth-order valence-corrected chi connectivity index (χ4v) is 3.41. The van der Waals surface area contributed by atoms with Gasteiger partial charge < -0.3 is 9.80 Å². The molecule has 1 aliphatic rings. The molecule has 0 bridgehead atoms. The van der Waals surface area contributed by atoms with Crippen LogP contribution in [0.1, 0.15) is 16.7 Å². The zero-order valence-electron chi connectivity index (χ0n) is 15.3. The first-order valence-electron chi connectivity index (χ1n) is 8.98. The highest BCUT2D eigenvalue weighted by molar-refractivity contribution is 6.00. The molecule has 1 aliphatic heterocycles. The van der Waals surface area contributed by atoms with E-state index in [1.54, 1.807) is 0 Å². The standard InChI is InChI=1S/C23H23N3/c1-25(2)15-16-26-22-13-7-6-12-20(22)21(18-9-4-3-5-10-18)17-19-11-8-14-24-23(19)26/h3-14,17H,15-16H2,1-2H3. The minimum atomic E-state index is 0.893. The molecule has 1 aromatic heterocycles. The second kappa shape index (κ2) is 7.14. The SMILES string of the molecule is CN(C)CCN1c2ccccc2C(c2ccccc2)=Cc2cccnc21. The van der Waals surface area contributed by atoms with Gasteiger partial charge in [0.15, 0.2) is 0 Å². The Morgan fingerprint density at radius 3 is 2.46 bits per heavy atom. The molecule has 0 fully saturated rings. The van der Waals surface area contributed by atoms with Crippen LogP contribution in [0, 0.1) is 0 Å². The molecule has 130 valence electrons. The Morgan fingerprint density at radius 1 is 0.885 bits per heavy atom. The molecule has 0 unspecified atom stereocenters. The van der Waals surface area contributed by atoms with Crippen LogP contribution in [0.4, 0.5) is 11.5 Å². The van der Waals surface area contributed by atoms with Gasteiger partial charge in [-0.2, -0.15) is 0 Å². The van der Waals surface area contributed by atoms with Gasteiger partial charge in [0, 0.05) is 30.4 Å². The Bertz CT molecular complexity index is 929. The smallest absolute Gasteiger partial charge is 0.140 e. The van der Waals surface area contributed by atoms with Gasteiger partial charge in [-0.3, -0.25) is 0 Å². The Balaban J connectivity index is 1.93. The first-order chi connectivity index (χ1) is 12.7. The maximum atomic E-state index is 4.73. The number of pyridine rings is 1. The Labute approximate surface area is 155 Å². The average Bonchev–Trinajstić information content (AvgIpc) is 2.82. The van der Waals surface area contributed by atoms with Crippen LogP contribution in [-0.2, 0) is 0 Å². The van der Waals surface area contributed by atoms with Crippen LogP contribution in [0.3, 0.4) is 0 Å². The van der Waals surface area contributed by atoms with Crippen LogP contribution in [-0.4, -0.2) is 37.1 Å². The molecule has 3 nitrogen and oxygen atoms in total. The second-order valence-electron chi connectivity index (χ2n) is 6.81. The molecule has 3 heteroatoms. The lowest BCUT2D eigenvalue weighted by Gasteiger charge is -2.27. The second-order valence-corrected chi connectivity index (χ2v) is 6.81. The van der Waals surface area contributed by atoms with E-state index in [0.29, 0.717) is 0 Å². The van der Waals surface area contributed by atoms with Crippen LogP contribution in [0.2, 0.25) is 0 Å². The van der Waals surface area contributed by atoms with Crippen molar-refractivity contribution in [3.63, 3.8) is 0 Å². The van der Waals surface area contributed by atoms with Crippen molar-refractivity contribution in [2.75, 3.05) is 32.1 Å². The topological polar surface area (TPSA) is 19.4 Å². The molecule has 0 spiro atoms. The minimum absolute atomic E-state index is 0.893. The molecule has 2 heterocycles. The van der Waals surface area contributed by atoms with Crippen molar-refractivity contribution in [2.24, 2.45) is 0 Å². The Morgan fingerprint density at radius 2 is 1.65 bits per heavy atom. The van der Waals surface area contributed by atoms with Crippen molar-refractivity contribution < 1.29 is 0 Å². The van der Waals surface area contributed by atoms with E-state index in [2.05, 4.69) is 90.6 Å². The molecule has 4 rings (SSSR count). The van der Waals surface area contributed by atoms with Crippen LogP contribution in [0.5, 0.6) is 0 Å². The maximum absolute atomic E-state index is 4.73. The fourth-order valence-electron chi connectivity index (χ4n) is 3.41. The number of rotatable bonds is 4. The summed E-state index contributed by atoms with van der Waals surface area (Å²) in [7, 11) is 4.22. The lowest BCUT2D eigenvalue weighted by atomic mass is 9.95. The van der Waals surface area contributed by atoms with Gasteiger partial charge in [-0.15, -0.1) is 0 Å². The molecule has 2 aromatic carbocycles. The van der Waals surface area contributed by atoms with Gasteiger partial charge in [0.05, 0.1) is 5.69 Å². The predicted molar refractivity (Wildman–Crippen MR) is 110 cm³/mol. The normalized spacial score (nSPS) is 13.0. The Kier molecular flexibility index (Phi) is 4.55. The highest BCUT2D eigenvalue weighted by atomic mass is 15.2. The van der Waals surface area contributed by atoms with Gasteiger partial charge in [-0.1, -0.05) is 48.5 Å². The molecule has 0 saturated heterocycles. The van der Waals surface area contributed by atoms with E-state index >= 15 is 0 Å². The van der Waals surface area contributed by atoms with Crippen LogP contribution >= 0.6 is 0 Å². The molecule has 0 aliphatic carbocycles. The molecule has 0 N–H and O–H groups in total. The van der Waals surface area contributed by atoms with E-state index in [-0.39, 0.29) is 0 Å². The summed E-state index contributed by atoms with van der Waals surface area (Å²) < 4.78 is 0. The van der Waals surface area contributed by atoms with Gasteiger partial charge in [0.2, 0.25) is 0 Å². The van der Waals surface area contributed by atoms with Gasteiger partial charge in [0.1, 0.15) is 5.82 Å². The largest absolute Gasteiger partial charge is 0.324 e. The molecule has 26 heavy (non-hydrogen) atoms. The molecule has 0 atom stereocenters. The number of hydrogen-bond acceptors (Lipinski definition) is 3. The molecule has 0 radical (unpaired) electrons. The molecular formula is C23H23N3. The van der Waals surface area contributed by atoms with Gasteiger partial charge in [-0.05, 0) is 49.5 Å². The minimum Gasteiger partial charge on any atom is -0.324 e. The third kappa shape index (κ3) is 3.14. The summed E-state index contributed by atoms with van der Waals surface area (Å²) in [6, 6.07) is 23.4. The highest BCUT2D eigenvalue weighted by Crippen LogP contribution is 2.40.